The number of Topliss-reactive ketones (excluding diaryl/α,β-unsaturated/α-hetero) is 1. The first-order chi connectivity index (χ1) is 9.60. The Morgan fingerprint density at radius 2 is 1.80 bits per heavy atom. The van der Waals surface area contributed by atoms with Gasteiger partial charge in [0.05, 0.1) is 11.6 Å². The summed E-state index contributed by atoms with van der Waals surface area (Å²) in [6, 6.07) is 12.4. The minimum atomic E-state index is -0.0695. The molecule has 0 spiro atoms. The van der Waals surface area contributed by atoms with Crippen LogP contribution in [0.25, 0.3) is 0 Å². The Labute approximate surface area is 123 Å². The van der Waals surface area contributed by atoms with Gasteiger partial charge in [0.25, 0.3) is 0 Å². The highest BCUT2D eigenvalue weighted by Gasteiger charge is 2.07. The van der Waals surface area contributed by atoms with Crippen LogP contribution in [-0.4, -0.2) is 12.4 Å². The molecule has 0 atom stereocenters. The van der Waals surface area contributed by atoms with Crippen molar-refractivity contribution in [2.75, 3.05) is 6.61 Å². The minimum absolute atomic E-state index is 0.0695. The summed E-state index contributed by atoms with van der Waals surface area (Å²) in [6.45, 7) is 4.00. The summed E-state index contributed by atoms with van der Waals surface area (Å²) in [5, 5.41) is 0.385. The molecule has 2 aromatic rings. The van der Waals surface area contributed by atoms with Gasteiger partial charge in [-0.2, -0.15) is 0 Å². The maximum atomic E-state index is 11.3. The van der Waals surface area contributed by atoms with Crippen molar-refractivity contribution in [3.05, 3.63) is 53.1 Å². The van der Waals surface area contributed by atoms with Crippen molar-refractivity contribution >= 4 is 17.4 Å². The summed E-state index contributed by atoms with van der Waals surface area (Å²) in [7, 11) is 0. The van der Waals surface area contributed by atoms with Crippen LogP contribution in [0.5, 0.6) is 17.2 Å². The van der Waals surface area contributed by atoms with E-state index in [1.807, 2.05) is 25.1 Å². The second-order valence-electron chi connectivity index (χ2n) is 4.21. The first kappa shape index (κ1) is 14.4. The van der Waals surface area contributed by atoms with E-state index in [0.717, 1.165) is 5.75 Å². The van der Waals surface area contributed by atoms with Crippen LogP contribution in [0, 0.1) is 0 Å². The summed E-state index contributed by atoms with van der Waals surface area (Å²) in [5.41, 5.74) is 0.488. The molecule has 0 bridgehead atoms. The van der Waals surface area contributed by atoms with Crippen LogP contribution in [0.4, 0.5) is 0 Å². The van der Waals surface area contributed by atoms with E-state index in [2.05, 4.69) is 0 Å². The zero-order valence-electron chi connectivity index (χ0n) is 11.4. The lowest BCUT2D eigenvalue weighted by Crippen LogP contribution is -1.94. The molecule has 0 saturated heterocycles. The number of rotatable bonds is 5. The second-order valence-corrected chi connectivity index (χ2v) is 4.61. The van der Waals surface area contributed by atoms with Gasteiger partial charge in [-0.15, -0.1) is 0 Å². The normalized spacial score (nSPS) is 10.2. The molecular formula is C16H15ClO3. The monoisotopic (exact) mass is 290 g/mol. The molecule has 0 aliphatic rings. The lowest BCUT2D eigenvalue weighted by molar-refractivity contribution is 0.101. The van der Waals surface area contributed by atoms with Crippen LogP contribution in [0.2, 0.25) is 5.02 Å². The Bertz CT molecular complexity index is 623. The second kappa shape index (κ2) is 6.44. The molecule has 3 nitrogen and oxygen atoms in total. The van der Waals surface area contributed by atoms with Gasteiger partial charge in [0, 0.05) is 17.7 Å². The Balaban J connectivity index is 2.19. The Hall–Kier alpha value is -2.00. The van der Waals surface area contributed by atoms with E-state index in [1.54, 1.807) is 24.3 Å². The van der Waals surface area contributed by atoms with Gasteiger partial charge in [0.1, 0.15) is 17.2 Å². The molecular weight excluding hydrogens is 276 g/mol. The third kappa shape index (κ3) is 3.52. The number of ether oxygens (including phenoxy) is 2. The quantitative estimate of drug-likeness (QED) is 0.747. The summed E-state index contributed by atoms with van der Waals surface area (Å²) in [5.74, 6) is 1.91. The molecule has 0 fully saturated rings. The number of halogens is 1. The highest BCUT2D eigenvalue weighted by molar-refractivity contribution is 6.34. The molecule has 0 unspecified atom stereocenters. The molecule has 0 amide bonds. The molecule has 104 valence electrons. The van der Waals surface area contributed by atoms with Crippen molar-refractivity contribution in [2.45, 2.75) is 13.8 Å². The minimum Gasteiger partial charge on any atom is -0.494 e. The summed E-state index contributed by atoms with van der Waals surface area (Å²) in [4.78, 5) is 11.3. The number of benzene rings is 2. The SMILES string of the molecule is CCOc1cccc(Oc2ccc(C(C)=O)c(Cl)c2)c1. The molecule has 4 heteroatoms. The molecule has 0 aliphatic heterocycles. The van der Waals surface area contributed by atoms with E-state index in [4.69, 9.17) is 21.1 Å². The molecule has 0 radical (unpaired) electrons. The lowest BCUT2D eigenvalue weighted by atomic mass is 10.1. The molecule has 0 heterocycles. The summed E-state index contributed by atoms with van der Waals surface area (Å²) in [6.07, 6.45) is 0. The number of carbonyl (C=O) groups is 1. The maximum absolute atomic E-state index is 11.3. The van der Waals surface area contributed by atoms with Crippen LogP contribution < -0.4 is 9.47 Å². The van der Waals surface area contributed by atoms with Gasteiger partial charge < -0.3 is 9.47 Å². The van der Waals surface area contributed by atoms with Crippen molar-refractivity contribution in [2.24, 2.45) is 0 Å². The van der Waals surface area contributed by atoms with Gasteiger partial charge in [-0.05, 0) is 38.1 Å². The first-order valence-electron chi connectivity index (χ1n) is 6.31. The smallest absolute Gasteiger partial charge is 0.161 e. The third-order valence-corrected chi connectivity index (χ3v) is 2.98. The topological polar surface area (TPSA) is 35.5 Å². The van der Waals surface area contributed by atoms with Gasteiger partial charge >= 0.3 is 0 Å². The molecule has 0 saturated carbocycles. The van der Waals surface area contributed by atoms with Gasteiger partial charge in [-0.25, -0.2) is 0 Å². The lowest BCUT2D eigenvalue weighted by Gasteiger charge is -2.09. The molecule has 0 aliphatic carbocycles. The summed E-state index contributed by atoms with van der Waals surface area (Å²) >= 11 is 6.05. The highest BCUT2D eigenvalue weighted by atomic mass is 35.5. The Morgan fingerprint density at radius 3 is 2.45 bits per heavy atom. The number of hydrogen-bond donors (Lipinski definition) is 0. The van der Waals surface area contributed by atoms with Crippen LogP contribution >= 0.6 is 11.6 Å². The van der Waals surface area contributed by atoms with Crippen molar-refractivity contribution < 1.29 is 14.3 Å². The fourth-order valence-corrected chi connectivity index (χ4v) is 2.08. The van der Waals surface area contributed by atoms with Crippen molar-refractivity contribution in [3.63, 3.8) is 0 Å². The third-order valence-electron chi connectivity index (χ3n) is 2.67. The van der Waals surface area contributed by atoms with Gasteiger partial charge in [0.2, 0.25) is 0 Å². The summed E-state index contributed by atoms with van der Waals surface area (Å²) < 4.78 is 11.1. The average Bonchev–Trinajstić information content (AvgIpc) is 2.39. The van der Waals surface area contributed by atoms with Crippen LogP contribution in [0.1, 0.15) is 24.2 Å². The van der Waals surface area contributed by atoms with E-state index in [1.165, 1.54) is 6.92 Å². The maximum Gasteiger partial charge on any atom is 0.161 e. The number of ketones is 1. The van der Waals surface area contributed by atoms with Crippen molar-refractivity contribution in [3.8, 4) is 17.2 Å². The zero-order chi connectivity index (χ0) is 14.5. The van der Waals surface area contributed by atoms with Crippen molar-refractivity contribution in [1.29, 1.82) is 0 Å². The first-order valence-corrected chi connectivity index (χ1v) is 6.69. The Kier molecular flexibility index (Phi) is 4.64. The predicted molar refractivity (Wildman–Crippen MR) is 79.1 cm³/mol. The van der Waals surface area contributed by atoms with E-state index < -0.39 is 0 Å². The van der Waals surface area contributed by atoms with Gasteiger partial charge in [0.15, 0.2) is 5.78 Å². The Morgan fingerprint density at radius 1 is 1.10 bits per heavy atom. The van der Waals surface area contributed by atoms with E-state index in [0.29, 0.717) is 28.7 Å². The van der Waals surface area contributed by atoms with E-state index in [-0.39, 0.29) is 5.78 Å². The zero-order valence-corrected chi connectivity index (χ0v) is 12.1. The highest BCUT2D eigenvalue weighted by Crippen LogP contribution is 2.28. The van der Waals surface area contributed by atoms with Gasteiger partial charge in [-0.1, -0.05) is 17.7 Å². The number of hydrogen-bond acceptors (Lipinski definition) is 3. The number of carbonyl (C=O) groups excluding carboxylic acids is 1. The van der Waals surface area contributed by atoms with Crippen molar-refractivity contribution in [1.82, 2.24) is 0 Å². The average molecular weight is 291 g/mol. The molecule has 0 N–H and O–H groups in total. The fourth-order valence-electron chi connectivity index (χ4n) is 1.78. The largest absolute Gasteiger partial charge is 0.494 e. The van der Waals surface area contributed by atoms with Crippen LogP contribution in [0.3, 0.4) is 0 Å². The molecule has 2 aromatic carbocycles. The standard InChI is InChI=1S/C16H15ClO3/c1-3-19-12-5-4-6-13(9-12)20-14-7-8-15(11(2)18)16(17)10-14/h4-10H,3H2,1-2H3. The fraction of sp³-hybridized carbons (Fsp3) is 0.188. The van der Waals surface area contributed by atoms with E-state index >= 15 is 0 Å². The predicted octanol–water partition coefficient (Wildman–Crippen LogP) is 4.73. The molecule has 20 heavy (non-hydrogen) atoms. The van der Waals surface area contributed by atoms with Crippen LogP contribution in [-0.2, 0) is 0 Å². The molecule has 0 aromatic heterocycles. The molecule has 2 rings (SSSR count). The van der Waals surface area contributed by atoms with E-state index in [9.17, 15) is 4.79 Å². The van der Waals surface area contributed by atoms with Gasteiger partial charge in [-0.3, -0.25) is 4.79 Å². The van der Waals surface area contributed by atoms with Crippen LogP contribution in [0.15, 0.2) is 42.5 Å².